The fraction of sp³-hybridized carbons (Fsp3) is 0.714. The van der Waals surface area contributed by atoms with Gasteiger partial charge in [-0.1, -0.05) is 0 Å². The van der Waals surface area contributed by atoms with E-state index in [0.29, 0.717) is 0 Å². The molecule has 1 aliphatic rings. The number of aliphatic hydroxyl groups is 2. The molecule has 0 radical (unpaired) electrons. The molecule has 2 atom stereocenters. The Bertz CT molecular complexity index is 188. The highest BCUT2D eigenvalue weighted by Gasteiger charge is 2.30. The highest BCUT2D eigenvalue weighted by molar-refractivity contribution is 4.91. The number of methoxy groups -OCH3 is 1. The molecule has 0 saturated carbocycles. The van der Waals surface area contributed by atoms with Crippen molar-refractivity contribution < 1.29 is 24.4 Å². The van der Waals surface area contributed by atoms with Gasteiger partial charge in [-0.15, -0.1) is 0 Å². The van der Waals surface area contributed by atoms with Crippen LogP contribution in [0.2, 0.25) is 0 Å². The minimum atomic E-state index is -0.490. The summed E-state index contributed by atoms with van der Waals surface area (Å²) in [7, 11) is 1.35. The Hall–Kier alpha value is -1.10. The number of ether oxygens (including phenoxy) is 3. The van der Waals surface area contributed by atoms with Crippen LogP contribution < -0.4 is 0 Å². The molecule has 2 N–H and O–H groups in total. The van der Waals surface area contributed by atoms with Crippen molar-refractivity contribution in [3.05, 3.63) is 11.9 Å². The maximum atomic E-state index is 9.08. The third-order valence-electron chi connectivity index (χ3n) is 1.62. The van der Waals surface area contributed by atoms with Crippen LogP contribution in [-0.4, -0.2) is 36.1 Å². The maximum Gasteiger partial charge on any atom is 0.364 e. The molecule has 1 heterocycles. The van der Waals surface area contributed by atoms with Gasteiger partial charge in [0.05, 0.1) is 13.7 Å². The van der Waals surface area contributed by atoms with E-state index in [1.165, 1.54) is 7.11 Å². The monoisotopic (exact) mass is 176 g/mol. The summed E-state index contributed by atoms with van der Waals surface area (Å²) >= 11 is 0. The van der Waals surface area contributed by atoms with E-state index in [9.17, 15) is 0 Å². The van der Waals surface area contributed by atoms with Crippen molar-refractivity contribution in [2.24, 2.45) is 0 Å². The zero-order valence-corrected chi connectivity index (χ0v) is 6.98. The van der Waals surface area contributed by atoms with E-state index < -0.39 is 6.10 Å². The van der Waals surface area contributed by atoms with Gasteiger partial charge >= 0.3 is 11.9 Å². The van der Waals surface area contributed by atoms with Crippen molar-refractivity contribution in [3.8, 4) is 0 Å². The van der Waals surface area contributed by atoms with Gasteiger partial charge in [0, 0.05) is 0 Å². The molecule has 12 heavy (non-hydrogen) atoms. The predicted molar refractivity (Wildman–Crippen MR) is 39.2 cm³/mol. The highest BCUT2D eigenvalue weighted by atomic mass is 16.7. The number of aliphatic hydroxyl groups excluding tert-OH is 2. The van der Waals surface area contributed by atoms with E-state index in [0.717, 1.165) is 0 Å². The molecule has 0 saturated heterocycles. The maximum absolute atomic E-state index is 9.08. The van der Waals surface area contributed by atoms with E-state index in [1.54, 1.807) is 6.92 Å². The SMILES string of the molecule is COC1=C(O)O[C@@H](C)C(CO)O1. The highest BCUT2D eigenvalue weighted by Crippen LogP contribution is 2.20. The molecular formula is C7H12O5. The van der Waals surface area contributed by atoms with Crippen LogP contribution in [0.25, 0.3) is 0 Å². The van der Waals surface area contributed by atoms with E-state index in [2.05, 4.69) is 4.74 Å². The molecule has 0 aromatic carbocycles. The smallest absolute Gasteiger partial charge is 0.364 e. The van der Waals surface area contributed by atoms with Crippen LogP contribution in [-0.2, 0) is 14.2 Å². The third kappa shape index (κ3) is 1.55. The molecule has 1 unspecified atom stereocenters. The molecule has 0 amide bonds. The normalized spacial score (nSPS) is 29.2. The van der Waals surface area contributed by atoms with Crippen molar-refractivity contribution in [3.63, 3.8) is 0 Å². The number of rotatable bonds is 2. The van der Waals surface area contributed by atoms with Gasteiger partial charge in [-0.3, -0.25) is 0 Å². The van der Waals surface area contributed by atoms with Crippen molar-refractivity contribution in [1.82, 2.24) is 0 Å². The Morgan fingerprint density at radius 1 is 1.50 bits per heavy atom. The van der Waals surface area contributed by atoms with E-state index in [-0.39, 0.29) is 24.6 Å². The Kier molecular flexibility index (Phi) is 2.65. The lowest BCUT2D eigenvalue weighted by Gasteiger charge is -2.28. The number of hydrogen-bond acceptors (Lipinski definition) is 5. The summed E-state index contributed by atoms with van der Waals surface area (Å²) in [5.41, 5.74) is 0. The molecule has 70 valence electrons. The van der Waals surface area contributed by atoms with Gasteiger partial charge in [-0.05, 0) is 6.92 Å². The number of hydrogen-bond donors (Lipinski definition) is 2. The molecule has 0 fully saturated rings. The average Bonchev–Trinajstić information content (AvgIpc) is 2.05. The molecule has 0 aliphatic carbocycles. The van der Waals surface area contributed by atoms with Gasteiger partial charge in [0.1, 0.15) is 6.10 Å². The van der Waals surface area contributed by atoms with Gasteiger partial charge in [0.25, 0.3) is 0 Å². The lowest BCUT2D eigenvalue weighted by atomic mass is 10.2. The van der Waals surface area contributed by atoms with Gasteiger partial charge in [0.15, 0.2) is 6.10 Å². The fourth-order valence-corrected chi connectivity index (χ4v) is 0.905. The first kappa shape index (κ1) is 8.99. The first-order valence-electron chi connectivity index (χ1n) is 3.60. The van der Waals surface area contributed by atoms with Gasteiger partial charge < -0.3 is 24.4 Å². The summed E-state index contributed by atoms with van der Waals surface area (Å²) < 4.78 is 14.6. The van der Waals surface area contributed by atoms with Crippen LogP contribution in [0.15, 0.2) is 11.9 Å². The molecule has 5 heteroatoms. The predicted octanol–water partition coefficient (Wildman–Crippen LogP) is 0.114. The van der Waals surface area contributed by atoms with Crippen LogP contribution in [0.5, 0.6) is 0 Å². The lowest BCUT2D eigenvalue weighted by molar-refractivity contribution is -0.149. The van der Waals surface area contributed by atoms with Crippen LogP contribution in [0.3, 0.4) is 0 Å². The summed E-state index contributed by atoms with van der Waals surface area (Å²) in [6.07, 6.45) is -0.871. The summed E-state index contributed by atoms with van der Waals surface area (Å²) in [4.78, 5) is 0. The van der Waals surface area contributed by atoms with Crippen molar-refractivity contribution in [1.29, 1.82) is 0 Å². The van der Waals surface area contributed by atoms with Crippen molar-refractivity contribution >= 4 is 0 Å². The zero-order valence-electron chi connectivity index (χ0n) is 6.98. The summed E-state index contributed by atoms with van der Waals surface area (Å²) in [5.74, 6) is -0.471. The van der Waals surface area contributed by atoms with Gasteiger partial charge in [-0.25, -0.2) is 0 Å². The minimum absolute atomic E-state index is 0.0906. The van der Waals surface area contributed by atoms with Crippen LogP contribution in [0.1, 0.15) is 6.92 Å². The molecule has 0 aromatic rings. The van der Waals surface area contributed by atoms with E-state index in [4.69, 9.17) is 19.7 Å². The molecule has 0 bridgehead atoms. The quantitative estimate of drug-likeness (QED) is 0.625. The Morgan fingerprint density at radius 3 is 2.67 bits per heavy atom. The first-order valence-corrected chi connectivity index (χ1v) is 3.60. The molecular weight excluding hydrogens is 164 g/mol. The lowest BCUT2D eigenvalue weighted by Crippen LogP contribution is -2.36. The van der Waals surface area contributed by atoms with Crippen LogP contribution in [0.4, 0.5) is 0 Å². The van der Waals surface area contributed by atoms with E-state index in [1.807, 2.05) is 0 Å². The average molecular weight is 176 g/mol. The summed E-state index contributed by atoms with van der Waals surface area (Å²) in [5, 5.41) is 17.9. The zero-order chi connectivity index (χ0) is 9.14. The Balaban J connectivity index is 2.70. The van der Waals surface area contributed by atoms with Crippen LogP contribution in [0, 0.1) is 0 Å². The van der Waals surface area contributed by atoms with Gasteiger partial charge in [0.2, 0.25) is 0 Å². The molecule has 5 nitrogen and oxygen atoms in total. The molecule has 0 aromatic heterocycles. The van der Waals surface area contributed by atoms with Crippen LogP contribution >= 0.6 is 0 Å². The standard InChI is InChI=1S/C7H12O5/c1-4-5(3-8)12-7(10-2)6(9)11-4/h4-5,8-9H,3H2,1-2H3/t4-,5?/m0/s1. The second-order valence-electron chi connectivity index (χ2n) is 2.46. The summed E-state index contributed by atoms with van der Waals surface area (Å²) in [6, 6.07) is 0. The molecule has 1 aliphatic heterocycles. The minimum Gasteiger partial charge on any atom is -0.476 e. The Labute approximate surface area is 70.2 Å². The topological polar surface area (TPSA) is 68.2 Å². The second-order valence-corrected chi connectivity index (χ2v) is 2.46. The Morgan fingerprint density at radius 2 is 2.17 bits per heavy atom. The summed E-state index contributed by atoms with van der Waals surface area (Å²) in [6.45, 7) is 1.50. The van der Waals surface area contributed by atoms with Gasteiger partial charge in [-0.2, -0.15) is 0 Å². The first-order chi connectivity index (χ1) is 5.69. The third-order valence-corrected chi connectivity index (χ3v) is 1.62. The van der Waals surface area contributed by atoms with Crippen molar-refractivity contribution in [2.45, 2.75) is 19.1 Å². The second kappa shape index (κ2) is 3.53. The van der Waals surface area contributed by atoms with E-state index >= 15 is 0 Å². The fourth-order valence-electron chi connectivity index (χ4n) is 0.905. The molecule has 0 spiro atoms. The largest absolute Gasteiger partial charge is 0.476 e. The van der Waals surface area contributed by atoms with Crippen molar-refractivity contribution in [2.75, 3.05) is 13.7 Å². The molecule has 1 rings (SSSR count).